The van der Waals surface area contributed by atoms with Crippen LogP contribution in [0, 0.1) is 12.7 Å². The van der Waals surface area contributed by atoms with Gasteiger partial charge in [-0.15, -0.1) is 0 Å². The zero-order chi connectivity index (χ0) is 14.4. The van der Waals surface area contributed by atoms with Crippen molar-refractivity contribution >= 4 is 0 Å². The first-order valence-electron chi connectivity index (χ1n) is 6.87. The molecule has 2 aromatic rings. The normalized spacial score (nSPS) is 10.8. The second-order valence-corrected chi connectivity index (χ2v) is 4.69. The number of ether oxygens (including phenoxy) is 1. The maximum atomic E-state index is 13.4. The highest BCUT2D eigenvalue weighted by Gasteiger charge is 2.09. The summed E-state index contributed by atoms with van der Waals surface area (Å²) >= 11 is 0. The number of hydrogen-bond donors (Lipinski definition) is 1. The van der Waals surface area contributed by atoms with Gasteiger partial charge in [0.05, 0.1) is 0 Å². The van der Waals surface area contributed by atoms with E-state index in [2.05, 4.69) is 12.2 Å². The van der Waals surface area contributed by atoms with E-state index in [1.54, 1.807) is 18.2 Å². The van der Waals surface area contributed by atoms with Crippen LogP contribution >= 0.6 is 0 Å². The Morgan fingerprint density at radius 2 is 2.10 bits per heavy atom. The third kappa shape index (κ3) is 3.84. The van der Waals surface area contributed by atoms with Gasteiger partial charge < -0.3 is 14.5 Å². The maximum absolute atomic E-state index is 13.4. The predicted octanol–water partition coefficient (Wildman–Crippen LogP) is 3.81. The summed E-state index contributed by atoms with van der Waals surface area (Å²) in [5, 5.41) is 3.33. The molecule has 1 N–H and O–H groups in total. The fourth-order valence-corrected chi connectivity index (χ4v) is 1.94. The minimum atomic E-state index is -0.361. The minimum Gasteiger partial charge on any atom is -0.483 e. The molecule has 1 aromatic carbocycles. The first-order chi connectivity index (χ1) is 9.70. The summed E-state index contributed by atoms with van der Waals surface area (Å²) in [7, 11) is 0. The zero-order valence-corrected chi connectivity index (χ0v) is 11.9. The monoisotopic (exact) mass is 277 g/mol. The quantitative estimate of drug-likeness (QED) is 0.782. The Bertz CT molecular complexity index is 551. The van der Waals surface area contributed by atoms with Crippen LogP contribution in [0.3, 0.4) is 0 Å². The molecule has 0 unspecified atom stereocenters. The standard InChI is InChI=1S/C16H20FNO2/c1-3-8-18-10-13-9-14(20-12(13)2)11-19-16-7-5-4-6-15(16)17/h4-7,9,18H,3,8,10-11H2,1-2H3. The molecule has 4 heteroatoms. The van der Waals surface area contributed by atoms with Crippen LogP contribution in [-0.4, -0.2) is 6.54 Å². The van der Waals surface area contributed by atoms with Crippen LogP contribution in [0.25, 0.3) is 0 Å². The molecular weight excluding hydrogens is 257 g/mol. The fourth-order valence-electron chi connectivity index (χ4n) is 1.94. The molecule has 0 saturated carbocycles. The van der Waals surface area contributed by atoms with Crippen molar-refractivity contribution in [1.82, 2.24) is 5.32 Å². The number of hydrogen-bond acceptors (Lipinski definition) is 3. The van der Waals surface area contributed by atoms with Gasteiger partial charge in [0, 0.05) is 12.1 Å². The van der Waals surface area contributed by atoms with Gasteiger partial charge in [0.2, 0.25) is 0 Å². The second-order valence-electron chi connectivity index (χ2n) is 4.69. The minimum absolute atomic E-state index is 0.232. The van der Waals surface area contributed by atoms with Crippen LogP contribution < -0.4 is 10.1 Å². The van der Waals surface area contributed by atoms with Crippen molar-refractivity contribution in [3.63, 3.8) is 0 Å². The summed E-state index contributed by atoms with van der Waals surface area (Å²) in [4.78, 5) is 0. The van der Waals surface area contributed by atoms with Crippen molar-refractivity contribution < 1.29 is 13.5 Å². The summed E-state index contributed by atoms with van der Waals surface area (Å²) in [6, 6.07) is 8.32. The summed E-state index contributed by atoms with van der Waals surface area (Å²) in [5.74, 6) is 1.47. The Morgan fingerprint density at radius 1 is 1.30 bits per heavy atom. The molecule has 0 amide bonds. The van der Waals surface area contributed by atoms with E-state index in [0.29, 0.717) is 5.76 Å². The van der Waals surface area contributed by atoms with Crippen LogP contribution in [0.15, 0.2) is 34.7 Å². The van der Waals surface area contributed by atoms with Crippen molar-refractivity contribution in [3.8, 4) is 5.75 Å². The highest BCUT2D eigenvalue weighted by Crippen LogP contribution is 2.19. The Hall–Kier alpha value is -1.81. The molecule has 20 heavy (non-hydrogen) atoms. The number of benzene rings is 1. The van der Waals surface area contributed by atoms with Gasteiger partial charge in [-0.2, -0.15) is 0 Å². The van der Waals surface area contributed by atoms with E-state index in [4.69, 9.17) is 9.15 Å². The van der Waals surface area contributed by atoms with Gasteiger partial charge in [-0.25, -0.2) is 4.39 Å². The summed E-state index contributed by atoms with van der Waals surface area (Å²) in [6.45, 7) is 6.04. The largest absolute Gasteiger partial charge is 0.483 e. The number of rotatable bonds is 7. The van der Waals surface area contributed by atoms with Crippen LogP contribution in [0.1, 0.15) is 30.4 Å². The van der Waals surface area contributed by atoms with Crippen LogP contribution in [0.4, 0.5) is 4.39 Å². The van der Waals surface area contributed by atoms with E-state index >= 15 is 0 Å². The lowest BCUT2D eigenvalue weighted by Crippen LogP contribution is -2.13. The molecule has 0 spiro atoms. The first-order valence-corrected chi connectivity index (χ1v) is 6.87. The Morgan fingerprint density at radius 3 is 2.85 bits per heavy atom. The molecule has 0 bridgehead atoms. The molecule has 3 nitrogen and oxygen atoms in total. The highest BCUT2D eigenvalue weighted by molar-refractivity contribution is 5.25. The average Bonchev–Trinajstić information content (AvgIpc) is 2.79. The van der Waals surface area contributed by atoms with Crippen LogP contribution in [0.5, 0.6) is 5.75 Å². The number of aryl methyl sites for hydroxylation is 1. The number of halogens is 1. The van der Waals surface area contributed by atoms with Gasteiger partial charge in [-0.1, -0.05) is 19.1 Å². The van der Waals surface area contributed by atoms with Crippen molar-refractivity contribution in [1.29, 1.82) is 0 Å². The number of furan rings is 1. The van der Waals surface area contributed by atoms with E-state index < -0.39 is 0 Å². The van der Waals surface area contributed by atoms with Crippen molar-refractivity contribution in [3.05, 3.63) is 53.2 Å². The summed E-state index contributed by atoms with van der Waals surface area (Å²) < 4.78 is 24.5. The Labute approximate surface area is 118 Å². The van der Waals surface area contributed by atoms with E-state index in [0.717, 1.165) is 30.8 Å². The highest BCUT2D eigenvalue weighted by atomic mass is 19.1. The molecule has 0 saturated heterocycles. The molecule has 2 rings (SSSR count). The molecule has 0 aliphatic carbocycles. The first kappa shape index (κ1) is 14.6. The molecule has 1 aromatic heterocycles. The van der Waals surface area contributed by atoms with Gasteiger partial charge in [-0.05, 0) is 38.1 Å². The van der Waals surface area contributed by atoms with Gasteiger partial charge in [-0.3, -0.25) is 0 Å². The second kappa shape index (κ2) is 7.10. The molecule has 108 valence electrons. The number of nitrogens with one attached hydrogen (secondary N) is 1. The molecule has 0 aliphatic heterocycles. The Kier molecular flexibility index (Phi) is 5.18. The molecular formula is C16H20FNO2. The molecule has 0 atom stereocenters. The fraction of sp³-hybridized carbons (Fsp3) is 0.375. The third-order valence-electron chi connectivity index (χ3n) is 3.02. The summed E-state index contributed by atoms with van der Waals surface area (Å²) in [6.07, 6.45) is 1.10. The number of para-hydroxylation sites is 1. The van der Waals surface area contributed by atoms with Gasteiger partial charge in [0.25, 0.3) is 0 Å². The van der Waals surface area contributed by atoms with E-state index in [1.165, 1.54) is 6.07 Å². The lowest BCUT2D eigenvalue weighted by molar-refractivity contribution is 0.256. The van der Waals surface area contributed by atoms with Gasteiger partial charge in [0.1, 0.15) is 18.1 Å². The molecule has 1 heterocycles. The van der Waals surface area contributed by atoms with Crippen LogP contribution in [0.2, 0.25) is 0 Å². The SMILES string of the molecule is CCCNCc1cc(COc2ccccc2F)oc1C. The van der Waals surface area contributed by atoms with Gasteiger partial charge >= 0.3 is 0 Å². The van der Waals surface area contributed by atoms with Gasteiger partial charge in [0.15, 0.2) is 11.6 Å². The Balaban J connectivity index is 1.93. The topological polar surface area (TPSA) is 34.4 Å². The average molecular weight is 277 g/mol. The van der Waals surface area contributed by atoms with Crippen LogP contribution in [-0.2, 0) is 13.2 Å². The predicted molar refractivity (Wildman–Crippen MR) is 76.2 cm³/mol. The third-order valence-corrected chi connectivity index (χ3v) is 3.02. The van der Waals surface area contributed by atoms with E-state index in [9.17, 15) is 4.39 Å². The lowest BCUT2D eigenvalue weighted by atomic mass is 10.2. The maximum Gasteiger partial charge on any atom is 0.165 e. The smallest absolute Gasteiger partial charge is 0.165 e. The van der Waals surface area contributed by atoms with E-state index in [1.807, 2.05) is 13.0 Å². The van der Waals surface area contributed by atoms with Crippen molar-refractivity contribution in [2.75, 3.05) is 6.54 Å². The van der Waals surface area contributed by atoms with E-state index in [-0.39, 0.29) is 18.2 Å². The lowest BCUT2D eigenvalue weighted by Gasteiger charge is -2.04. The molecule has 0 fully saturated rings. The molecule has 0 radical (unpaired) electrons. The zero-order valence-electron chi connectivity index (χ0n) is 11.9. The van der Waals surface area contributed by atoms with Crippen molar-refractivity contribution in [2.24, 2.45) is 0 Å². The summed E-state index contributed by atoms with van der Waals surface area (Å²) in [5.41, 5.74) is 1.12. The van der Waals surface area contributed by atoms with Crippen molar-refractivity contribution in [2.45, 2.75) is 33.4 Å². The molecule has 0 aliphatic rings.